The minimum atomic E-state index is -0.925. The van der Waals surface area contributed by atoms with E-state index in [1.54, 1.807) is 13.8 Å². The van der Waals surface area contributed by atoms with Crippen molar-refractivity contribution in [2.45, 2.75) is 65.7 Å². The molecule has 0 radical (unpaired) electrons. The highest BCUT2D eigenvalue weighted by Crippen LogP contribution is 2.23. The van der Waals surface area contributed by atoms with Crippen LogP contribution in [0.15, 0.2) is 0 Å². The molecular weight excluding hydrogens is 176 g/mol. The number of carboxylic acid groups (broad SMARTS) is 1. The lowest BCUT2D eigenvalue weighted by molar-refractivity contribution is -0.317. The first-order valence-electron chi connectivity index (χ1n) is 5.72. The molecule has 0 aromatic heterocycles. The van der Waals surface area contributed by atoms with Crippen LogP contribution in [0.2, 0.25) is 0 Å². The quantitative estimate of drug-likeness (QED) is 0.563. The SMILES string of the molecule is CCCCCCCCC(C)(C)C(=O)[O-]. The van der Waals surface area contributed by atoms with Crippen LogP contribution in [0.3, 0.4) is 0 Å². The summed E-state index contributed by atoms with van der Waals surface area (Å²) in [5.41, 5.74) is -0.648. The van der Waals surface area contributed by atoms with Crippen molar-refractivity contribution in [1.82, 2.24) is 0 Å². The number of aliphatic carboxylic acids is 1. The maximum absolute atomic E-state index is 10.7. The van der Waals surface area contributed by atoms with Gasteiger partial charge in [-0.15, -0.1) is 0 Å². The summed E-state index contributed by atoms with van der Waals surface area (Å²) in [5.74, 6) is -0.925. The molecule has 0 rings (SSSR count). The number of hydrogen-bond donors (Lipinski definition) is 0. The number of carbonyl (C=O) groups excluding carboxylic acids is 1. The predicted octanol–water partition coefficient (Wildman–Crippen LogP) is 2.51. The Morgan fingerprint density at radius 2 is 1.57 bits per heavy atom. The van der Waals surface area contributed by atoms with E-state index in [9.17, 15) is 9.90 Å². The monoisotopic (exact) mass is 199 g/mol. The maximum Gasteiger partial charge on any atom is 0.0470 e. The summed E-state index contributed by atoms with van der Waals surface area (Å²) in [6, 6.07) is 0. The molecule has 84 valence electrons. The van der Waals surface area contributed by atoms with Crippen LogP contribution in [0, 0.1) is 5.41 Å². The maximum atomic E-state index is 10.7. The van der Waals surface area contributed by atoms with Gasteiger partial charge in [-0.05, 0) is 6.42 Å². The molecule has 0 aromatic rings. The standard InChI is InChI=1S/C12H24O2/c1-4-5-6-7-8-9-10-12(2,3)11(13)14/h4-10H2,1-3H3,(H,13,14)/p-1. The molecule has 0 heterocycles. The molecule has 0 spiro atoms. The van der Waals surface area contributed by atoms with Gasteiger partial charge >= 0.3 is 0 Å². The third-order valence-electron chi connectivity index (χ3n) is 2.71. The van der Waals surface area contributed by atoms with Crippen molar-refractivity contribution in [2.24, 2.45) is 5.41 Å². The smallest absolute Gasteiger partial charge is 0.0470 e. The molecule has 0 aromatic carbocycles. The van der Waals surface area contributed by atoms with Crippen LogP contribution in [-0.4, -0.2) is 5.97 Å². The predicted molar refractivity (Wildman–Crippen MR) is 56.8 cm³/mol. The van der Waals surface area contributed by atoms with Gasteiger partial charge in [0.25, 0.3) is 0 Å². The van der Waals surface area contributed by atoms with Gasteiger partial charge in [0.05, 0.1) is 0 Å². The normalized spacial score (nSPS) is 11.6. The first-order valence-corrected chi connectivity index (χ1v) is 5.72. The molecule has 0 atom stereocenters. The van der Waals surface area contributed by atoms with Gasteiger partial charge in [0, 0.05) is 11.4 Å². The molecule has 0 amide bonds. The van der Waals surface area contributed by atoms with Crippen molar-refractivity contribution in [3.63, 3.8) is 0 Å². The summed E-state index contributed by atoms with van der Waals surface area (Å²) in [4.78, 5) is 10.7. The average Bonchev–Trinajstić information content (AvgIpc) is 2.10. The Balaban J connectivity index is 3.40. The van der Waals surface area contributed by atoms with Crippen LogP contribution in [0.4, 0.5) is 0 Å². The van der Waals surface area contributed by atoms with Gasteiger partial charge in [-0.3, -0.25) is 0 Å². The fourth-order valence-electron chi connectivity index (χ4n) is 1.45. The Bertz CT molecular complexity index is 162. The third kappa shape index (κ3) is 6.01. The van der Waals surface area contributed by atoms with E-state index in [1.807, 2.05) is 0 Å². The summed E-state index contributed by atoms with van der Waals surface area (Å²) in [7, 11) is 0. The van der Waals surface area contributed by atoms with Crippen LogP contribution in [-0.2, 0) is 4.79 Å². The molecule has 2 nitrogen and oxygen atoms in total. The van der Waals surface area contributed by atoms with Crippen LogP contribution >= 0.6 is 0 Å². The molecule has 0 N–H and O–H groups in total. The molecular formula is C12H23O2-. The van der Waals surface area contributed by atoms with Gasteiger partial charge < -0.3 is 9.90 Å². The van der Waals surface area contributed by atoms with E-state index in [0.717, 1.165) is 19.3 Å². The van der Waals surface area contributed by atoms with Gasteiger partial charge in [-0.25, -0.2) is 0 Å². The fourth-order valence-corrected chi connectivity index (χ4v) is 1.45. The Kier molecular flexibility index (Phi) is 6.60. The van der Waals surface area contributed by atoms with Crippen molar-refractivity contribution < 1.29 is 9.90 Å². The number of unbranched alkanes of at least 4 members (excludes halogenated alkanes) is 5. The third-order valence-corrected chi connectivity index (χ3v) is 2.71. The molecule has 0 fully saturated rings. The number of carbonyl (C=O) groups is 1. The Morgan fingerprint density at radius 3 is 2.07 bits per heavy atom. The van der Waals surface area contributed by atoms with Crippen molar-refractivity contribution in [2.75, 3.05) is 0 Å². The van der Waals surface area contributed by atoms with Crippen molar-refractivity contribution in [3.05, 3.63) is 0 Å². The molecule has 0 bridgehead atoms. The first-order chi connectivity index (χ1) is 6.50. The van der Waals surface area contributed by atoms with Gasteiger partial charge in [0.1, 0.15) is 0 Å². The molecule has 14 heavy (non-hydrogen) atoms. The average molecular weight is 199 g/mol. The van der Waals surface area contributed by atoms with Crippen molar-refractivity contribution in [3.8, 4) is 0 Å². The lowest BCUT2D eigenvalue weighted by Gasteiger charge is -2.25. The Morgan fingerprint density at radius 1 is 1.07 bits per heavy atom. The second kappa shape index (κ2) is 6.86. The minimum Gasteiger partial charge on any atom is -0.550 e. The van der Waals surface area contributed by atoms with E-state index < -0.39 is 11.4 Å². The lowest BCUT2D eigenvalue weighted by Crippen LogP contribution is -2.37. The largest absolute Gasteiger partial charge is 0.550 e. The molecule has 0 saturated carbocycles. The van der Waals surface area contributed by atoms with Crippen molar-refractivity contribution >= 4 is 5.97 Å². The molecule has 0 aliphatic carbocycles. The first kappa shape index (κ1) is 13.5. The summed E-state index contributed by atoms with van der Waals surface area (Å²) < 4.78 is 0. The van der Waals surface area contributed by atoms with Crippen LogP contribution in [0.5, 0.6) is 0 Å². The Hall–Kier alpha value is -0.530. The summed E-state index contributed by atoms with van der Waals surface area (Å²) >= 11 is 0. The second-order valence-corrected chi connectivity index (χ2v) is 4.69. The Labute approximate surface area is 87.7 Å². The van der Waals surface area contributed by atoms with E-state index in [2.05, 4.69) is 6.92 Å². The second-order valence-electron chi connectivity index (χ2n) is 4.69. The van der Waals surface area contributed by atoms with Crippen LogP contribution in [0.1, 0.15) is 65.7 Å². The zero-order valence-corrected chi connectivity index (χ0v) is 9.77. The lowest BCUT2D eigenvalue weighted by atomic mass is 9.87. The van der Waals surface area contributed by atoms with E-state index in [4.69, 9.17) is 0 Å². The van der Waals surface area contributed by atoms with E-state index >= 15 is 0 Å². The van der Waals surface area contributed by atoms with Gasteiger partial charge in [0.2, 0.25) is 0 Å². The molecule has 0 aliphatic rings. The van der Waals surface area contributed by atoms with Crippen molar-refractivity contribution in [1.29, 1.82) is 0 Å². The molecule has 0 unspecified atom stereocenters. The van der Waals surface area contributed by atoms with E-state index in [0.29, 0.717) is 0 Å². The zero-order valence-electron chi connectivity index (χ0n) is 9.77. The summed E-state index contributed by atoms with van der Waals surface area (Å²) in [6.45, 7) is 5.68. The summed E-state index contributed by atoms with van der Waals surface area (Å²) in [6.07, 6.45) is 7.95. The van der Waals surface area contributed by atoms with Gasteiger partial charge in [0.15, 0.2) is 0 Å². The highest BCUT2D eigenvalue weighted by Gasteiger charge is 2.17. The van der Waals surface area contributed by atoms with Gasteiger partial charge in [-0.1, -0.05) is 59.3 Å². The number of hydrogen-bond acceptors (Lipinski definition) is 2. The summed E-state index contributed by atoms with van der Waals surface area (Å²) in [5, 5.41) is 10.7. The molecule has 0 saturated heterocycles. The topological polar surface area (TPSA) is 40.1 Å². The van der Waals surface area contributed by atoms with E-state index in [1.165, 1.54) is 25.7 Å². The van der Waals surface area contributed by atoms with Crippen LogP contribution in [0.25, 0.3) is 0 Å². The highest BCUT2D eigenvalue weighted by atomic mass is 16.4. The zero-order chi connectivity index (χ0) is 11.0. The molecule has 0 aliphatic heterocycles. The van der Waals surface area contributed by atoms with Gasteiger partial charge in [-0.2, -0.15) is 0 Å². The van der Waals surface area contributed by atoms with E-state index in [-0.39, 0.29) is 0 Å². The number of rotatable bonds is 8. The molecule has 2 heteroatoms. The number of carboxylic acids is 1. The highest BCUT2D eigenvalue weighted by molar-refractivity contribution is 5.71. The van der Waals surface area contributed by atoms with Crippen LogP contribution < -0.4 is 5.11 Å². The fraction of sp³-hybridized carbons (Fsp3) is 0.917. The minimum absolute atomic E-state index is 0.648.